The molecular formula is C12H16BrNO. The van der Waals surface area contributed by atoms with E-state index in [2.05, 4.69) is 21.2 Å². The van der Waals surface area contributed by atoms with E-state index in [-0.39, 0.29) is 16.7 Å². The van der Waals surface area contributed by atoms with Gasteiger partial charge in [-0.2, -0.15) is 0 Å². The summed E-state index contributed by atoms with van der Waals surface area (Å²) in [4.78, 5) is 11.6. The van der Waals surface area contributed by atoms with Crippen molar-refractivity contribution in [3.63, 3.8) is 0 Å². The molecule has 3 heteroatoms. The number of rotatable bonds is 3. The van der Waals surface area contributed by atoms with E-state index in [1.54, 1.807) is 0 Å². The monoisotopic (exact) mass is 269 g/mol. The number of alkyl halides is 1. The smallest absolute Gasteiger partial charge is 0.238 e. The van der Waals surface area contributed by atoms with E-state index < -0.39 is 0 Å². The number of hydrogen-bond acceptors (Lipinski definition) is 1. The van der Waals surface area contributed by atoms with Crippen molar-refractivity contribution < 1.29 is 4.79 Å². The van der Waals surface area contributed by atoms with Gasteiger partial charge in [-0.1, -0.05) is 41.9 Å². The van der Waals surface area contributed by atoms with Crippen LogP contribution in [0.15, 0.2) is 24.3 Å². The lowest BCUT2D eigenvalue weighted by Gasteiger charge is -2.13. The maximum Gasteiger partial charge on any atom is 0.238 e. The highest BCUT2D eigenvalue weighted by Gasteiger charge is 2.18. The van der Waals surface area contributed by atoms with Gasteiger partial charge in [-0.25, -0.2) is 0 Å². The number of aryl methyl sites for hydroxylation is 1. The van der Waals surface area contributed by atoms with Crippen molar-refractivity contribution in [1.29, 1.82) is 0 Å². The van der Waals surface area contributed by atoms with Crippen molar-refractivity contribution in [2.75, 3.05) is 5.32 Å². The molecule has 1 aromatic carbocycles. The zero-order valence-corrected chi connectivity index (χ0v) is 10.8. The standard InChI is InChI=1S/C12H16BrNO/c1-8(2)11(13)12(15)14-10-6-4-5-9(3)7-10/h4-8,11H,1-3H3,(H,14,15)/t11-/m1/s1. The highest BCUT2D eigenvalue weighted by molar-refractivity contribution is 9.10. The quantitative estimate of drug-likeness (QED) is 0.838. The molecule has 0 aliphatic heterocycles. The zero-order chi connectivity index (χ0) is 11.4. The van der Waals surface area contributed by atoms with E-state index in [1.807, 2.05) is 45.0 Å². The number of carbonyl (C=O) groups excluding carboxylic acids is 1. The van der Waals surface area contributed by atoms with Gasteiger partial charge in [-0.3, -0.25) is 4.79 Å². The molecule has 0 aliphatic carbocycles. The maximum atomic E-state index is 11.7. The van der Waals surface area contributed by atoms with Crippen LogP contribution in [-0.2, 0) is 4.79 Å². The van der Waals surface area contributed by atoms with Gasteiger partial charge in [-0.15, -0.1) is 0 Å². The first kappa shape index (κ1) is 12.2. The number of amides is 1. The summed E-state index contributed by atoms with van der Waals surface area (Å²) < 4.78 is 0. The van der Waals surface area contributed by atoms with Crippen LogP contribution < -0.4 is 5.32 Å². The predicted molar refractivity (Wildman–Crippen MR) is 67.4 cm³/mol. The fourth-order valence-electron chi connectivity index (χ4n) is 1.24. The van der Waals surface area contributed by atoms with E-state index in [1.165, 1.54) is 0 Å². The summed E-state index contributed by atoms with van der Waals surface area (Å²) in [5.41, 5.74) is 1.99. The van der Waals surface area contributed by atoms with Crippen molar-refractivity contribution in [1.82, 2.24) is 0 Å². The van der Waals surface area contributed by atoms with Crippen LogP contribution in [0.25, 0.3) is 0 Å². The third kappa shape index (κ3) is 3.67. The minimum atomic E-state index is -0.141. The van der Waals surface area contributed by atoms with Gasteiger partial charge in [0.1, 0.15) is 0 Å². The summed E-state index contributed by atoms with van der Waals surface area (Å²) in [5.74, 6) is 0.297. The molecule has 0 aliphatic rings. The maximum absolute atomic E-state index is 11.7. The Morgan fingerprint density at radius 3 is 2.60 bits per heavy atom. The fourth-order valence-corrected chi connectivity index (χ4v) is 1.35. The molecule has 1 rings (SSSR count). The molecule has 0 fully saturated rings. The van der Waals surface area contributed by atoms with E-state index >= 15 is 0 Å². The Balaban J connectivity index is 2.66. The molecule has 0 heterocycles. The molecule has 2 nitrogen and oxygen atoms in total. The molecule has 1 atom stereocenters. The molecule has 1 amide bonds. The first-order valence-electron chi connectivity index (χ1n) is 5.02. The van der Waals surface area contributed by atoms with E-state index in [0.717, 1.165) is 11.3 Å². The van der Waals surface area contributed by atoms with Crippen LogP contribution in [0.4, 0.5) is 5.69 Å². The molecule has 1 aromatic rings. The van der Waals surface area contributed by atoms with Crippen molar-refractivity contribution in [3.05, 3.63) is 29.8 Å². The zero-order valence-electron chi connectivity index (χ0n) is 9.25. The van der Waals surface area contributed by atoms with Crippen LogP contribution in [-0.4, -0.2) is 10.7 Å². The summed E-state index contributed by atoms with van der Waals surface area (Å²) in [5, 5.41) is 2.88. The third-order valence-corrected chi connectivity index (χ3v) is 3.59. The second kappa shape index (κ2) is 5.31. The Kier molecular flexibility index (Phi) is 4.33. The highest BCUT2D eigenvalue weighted by atomic mass is 79.9. The average molecular weight is 270 g/mol. The molecule has 0 aromatic heterocycles. The van der Waals surface area contributed by atoms with Crippen LogP contribution in [0.5, 0.6) is 0 Å². The van der Waals surface area contributed by atoms with Crippen LogP contribution >= 0.6 is 15.9 Å². The summed E-state index contributed by atoms with van der Waals surface area (Å²) in [6.45, 7) is 6.02. The fraction of sp³-hybridized carbons (Fsp3) is 0.417. The highest BCUT2D eigenvalue weighted by Crippen LogP contribution is 2.16. The predicted octanol–water partition coefficient (Wildman–Crippen LogP) is 3.35. The van der Waals surface area contributed by atoms with Crippen molar-refractivity contribution >= 4 is 27.5 Å². The van der Waals surface area contributed by atoms with E-state index in [9.17, 15) is 4.79 Å². The summed E-state index contributed by atoms with van der Waals surface area (Å²) in [6, 6.07) is 7.79. The van der Waals surface area contributed by atoms with Crippen LogP contribution in [0, 0.1) is 12.8 Å². The van der Waals surface area contributed by atoms with Gasteiger partial charge in [-0.05, 0) is 30.5 Å². The number of hydrogen-bond donors (Lipinski definition) is 1. The lowest BCUT2D eigenvalue weighted by atomic mass is 10.1. The minimum absolute atomic E-state index is 0.00981. The van der Waals surface area contributed by atoms with Gasteiger partial charge in [0, 0.05) is 5.69 Å². The number of carbonyl (C=O) groups is 1. The first-order valence-corrected chi connectivity index (χ1v) is 5.94. The van der Waals surface area contributed by atoms with Crippen molar-refractivity contribution in [3.8, 4) is 0 Å². The normalized spacial score (nSPS) is 12.6. The Hall–Kier alpha value is -0.830. The van der Waals surface area contributed by atoms with Crippen LogP contribution in [0.2, 0.25) is 0 Å². The molecule has 82 valence electrons. The Labute approximate surface area is 99.2 Å². The molecule has 1 N–H and O–H groups in total. The molecular weight excluding hydrogens is 254 g/mol. The lowest BCUT2D eigenvalue weighted by molar-refractivity contribution is -0.116. The van der Waals surface area contributed by atoms with Gasteiger partial charge in [0.2, 0.25) is 5.91 Å². The summed E-state index contributed by atoms with van der Waals surface area (Å²) in [7, 11) is 0. The van der Waals surface area contributed by atoms with Gasteiger partial charge in [0.15, 0.2) is 0 Å². The number of benzene rings is 1. The number of anilines is 1. The van der Waals surface area contributed by atoms with Gasteiger partial charge < -0.3 is 5.32 Å². The topological polar surface area (TPSA) is 29.1 Å². The van der Waals surface area contributed by atoms with Crippen molar-refractivity contribution in [2.45, 2.75) is 25.6 Å². The van der Waals surface area contributed by atoms with Gasteiger partial charge in [0.05, 0.1) is 4.83 Å². The second-order valence-corrected chi connectivity index (χ2v) is 4.99. The van der Waals surface area contributed by atoms with E-state index in [0.29, 0.717) is 0 Å². The average Bonchev–Trinajstić information content (AvgIpc) is 2.16. The first-order chi connectivity index (χ1) is 7.00. The van der Waals surface area contributed by atoms with Crippen molar-refractivity contribution in [2.24, 2.45) is 5.92 Å². The third-order valence-electron chi connectivity index (χ3n) is 2.12. The SMILES string of the molecule is Cc1cccc(NC(=O)[C@H](Br)C(C)C)c1. The van der Waals surface area contributed by atoms with E-state index in [4.69, 9.17) is 0 Å². The van der Waals surface area contributed by atoms with Gasteiger partial charge in [0.25, 0.3) is 0 Å². The largest absolute Gasteiger partial charge is 0.325 e. The molecule has 0 radical (unpaired) electrons. The molecule has 15 heavy (non-hydrogen) atoms. The lowest BCUT2D eigenvalue weighted by Crippen LogP contribution is -2.26. The molecule has 0 unspecified atom stereocenters. The van der Waals surface area contributed by atoms with Crippen LogP contribution in [0.1, 0.15) is 19.4 Å². The number of halogens is 1. The minimum Gasteiger partial charge on any atom is -0.325 e. The Morgan fingerprint density at radius 1 is 1.40 bits per heavy atom. The molecule has 0 bridgehead atoms. The van der Waals surface area contributed by atoms with Gasteiger partial charge >= 0.3 is 0 Å². The Bertz CT molecular complexity index is 349. The van der Waals surface area contributed by atoms with Crippen LogP contribution in [0.3, 0.4) is 0 Å². The summed E-state index contributed by atoms with van der Waals surface area (Å²) in [6.07, 6.45) is 0. The molecule has 0 saturated carbocycles. The molecule has 0 saturated heterocycles. The second-order valence-electron chi connectivity index (χ2n) is 4.00. The summed E-state index contributed by atoms with van der Waals surface area (Å²) >= 11 is 3.37. The molecule has 0 spiro atoms. The number of nitrogens with one attached hydrogen (secondary N) is 1. The Morgan fingerprint density at radius 2 is 2.07 bits per heavy atom.